The lowest BCUT2D eigenvalue weighted by molar-refractivity contribution is 0.391. The fraction of sp³-hybridized carbons (Fsp3) is 0.143. The third-order valence-corrected chi connectivity index (χ3v) is 2.87. The highest BCUT2D eigenvalue weighted by Gasteiger charge is 2.10. The summed E-state index contributed by atoms with van der Waals surface area (Å²) in [5.41, 5.74) is 2.86. The summed E-state index contributed by atoms with van der Waals surface area (Å²) < 4.78 is 6.70. The van der Waals surface area contributed by atoms with E-state index in [0.29, 0.717) is 11.7 Å². The van der Waals surface area contributed by atoms with Gasteiger partial charge in [-0.15, -0.1) is 10.2 Å². The Balaban J connectivity index is 2.05. The highest BCUT2D eigenvalue weighted by atomic mass is 16.5. The van der Waals surface area contributed by atoms with Crippen LogP contribution in [0.4, 0.5) is 0 Å². The second-order valence-electron chi connectivity index (χ2n) is 4.28. The number of methoxy groups -OCH3 is 1. The molecule has 3 heterocycles. The summed E-state index contributed by atoms with van der Waals surface area (Å²) in [6.45, 7) is 2.03. The third-order valence-electron chi connectivity index (χ3n) is 2.87. The molecule has 0 atom stereocenters. The Kier molecular flexibility index (Phi) is 3.12. The van der Waals surface area contributed by atoms with Gasteiger partial charge in [0.1, 0.15) is 0 Å². The molecule has 0 saturated heterocycles. The number of nitrogens with zero attached hydrogens (tertiary/aromatic N) is 5. The fourth-order valence-electron chi connectivity index (χ4n) is 1.89. The monoisotopic (exact) mass is 267 g/mol. The van der Waals surface area contributed by atoms with E-state index >= 15 is 0 Å². The minimum absolute atomic E-state index is 0.469. The molecule has 0 bridgehead atoms. The second kappa shape index (κ2) is 5.08. The van der Waals surface area contributed by atoms with Gasteiger partial charge in [0.25, 0.3) is 0 Å². The normalized spacial score (nSPS) is 10.5. The van der Waals surface area contributed by atoms with E-state index in [1.165, 1.54) is 0 Å². The van der Waals surface area contributed by atoms with Crippen LogP contribution in [0.1, 0.15) is 5.56 Å². The quantitative estimate of drug-likeness (QED) is 0.726. The Morgan fingerprint density at radius 1 is 1.05 bits per heavy atom. The molecule has 3 rings (SSSR count). The average Bonchev–Trinajstić information content (AvgIpc) is 2.97. The van der Waals surface area contributed by atoms with Crippen molar-refractivity contribution in [3.05, 3.63) is 48.3 Å². The van der Waals surface area contributed by atoms with Crippen LogP contribution in [0.2, 0.25) is 0 Å². The Bertz CT molecular complexity index is 720. The smallest absolute Gasteiger partial charge is 0.233 e. The topological polar surface area (TPSA) is 65.7 Å². The summed E-state index contributed by atoms with van der Waals surface area (Å²) in [5.74, 6) is 1.09. The van der Waals surface area contributed by atoms with Gasteiger partial charge >= 0.3 is 0 Å². The van der Waals surface area contributed by atoms with E-state index in [0.717, 1.165) is 17.0 Å². The van der Waals surface area contributed by atoms with Crippen LogP contribution in [0, 0.1) is 6.92 Å². The van der Waals surface area contributed by atoms with E-state index in [9.17, 15) is 0 Å². The number of aromatic nitrogens is 5. The summed E-state index contributed by atoms with van der Waals surface area (Å²) in [6, 6.07) is 9.41. The number of hydrogen-bond donors (Lipinski definition) is 0. The number of ether oxygens (including phenoxy) is 1. The molecule has 0 aliphatic carbocycles. The fourth-order valence-corrected chi connectivity index (χ4v) is 1.89. The van der Waals surface area contributed by atoms with Crippen LogP contribution in [0.25, 0.3) is 17.2 Å². The van der Waals surface area contributed by atoms with E-state index < -0.39 is 0 Å². The zero-order chi connectivity index (χ0) is 13.9. The van der Waals surface area contributed by atoms with Gasteiger partial charge in [0.2, 0.25) is 5.88 Å². The molecule has 0 spiro atoms. The summed E-state index contributed by atoms with van der Waals surface area (Å²) in [7, 11) is 1.56. The number of pyridine rings is 1. The van der Waals surface area contributed by atoms with Crippen LogP contribution in [-0.4, -0.2) is 32.1 Å². The molecule has 0 aromatic carbocycles. The van der Waals surface area contributed by atoms with Gasteiger partial charge in [0, 0.05) is 12.3 Å². The van der Waals surface area contributed by atoms with Crippen LogP contribution < -0.4 is 4.74 Å². The summed E-state index contributed by atoms with van der Waals surface area (Å²) >= 11 is 0. The molecule has 0 saturated carbocycles. The Morgan fingerprint density at radius 3 is 2.65 bits per heavy atom. The maximum absolute atomic E-state index is 5.00. The predicted octanol–water partition coefficient (Wildman–Crippen LogP) is 2.04. The first kappa shape index (κ1) is 12.3. The van der Waals surface area contributed by atoms with Crippen molar-refractivity contribution in [1.82, 2.24) is 25.0 Å². The van der Waals surface area contributed by atoms with Crippen molar-refractivity contribution < 1.29 is 4.74 Å². The molecule has 100 valence electrons. The standard InChI is InChI=1S/C14H13N5O/c1-10-5-7-15-11(9-10)12-6-8-16-19(12)13-3-4-14(20-2)18-17-13/h3-9H,1-2H3. The number of hydrogen-bond acceptors (Lipinski definition) is 5. The molecular weight excluding hydrogens is 254 g/mol. The maximum Gasteiger partial charge on any atom is 0.233 e. The largest absolute Gasteiger partial charge is 0.480 e. The summed E-state index contributed by atoms with van der Waals surface area (Å²) in [6.07, 6.45) is 3.49. The van der Waals surface area contributed by atoms with Crippen molar-refractivity contribution in [2.75, 3.05) is 7.11 Å². The van der Waals surface area contributed by atoms with E-state index in [1.807, 2.05) is 25.1 Å². The molecule has 0 amide bonds. The zero-order valence-electron chi connectivity index (χ0n) is 11.2. The summed E-state index contributed by atoms with van der Waals surface area (Å²) in [4.78, 5) is 4.37. The number of aryl methyl sites for hydroxylation is 1. The lowest BCUT2D eigenvalue weighted by Gasteiger charge is -2.06. The molecule has 6 nitrogen and oxygen atoms in total. The van der Waals surface area contributed by atoms with Crippen molar-refractivity contribution in [2.24, 2.45) is 0 Å². The Morgan fingerprint density at radius 2 is 1.95 bits per heavy atom. The van der Waals surface area contributed by atoms with E-state index in [4.69, 9.17) is 4.74 Å². The first-order valence-electron chi connectivity index (χ1n) is 6.13. The second-order valence-corrected chi connectivity index (χ2v) is 4.28. The summed E-state index contributed by atoms with van der Waals surface area (Å²) in [5, 5.41) is 12.3. The molecular formula is C14H13N5O. The van der Waals surface area contributed by atoms with Crippen molar-refractivity contribution >= 4 is 0 Å². The molecule has 6 heteroatoms. The van der Waals surface area contributed by atoms with E-state index in [-0.39, 0.29) is 0 Å². The highest BCUT2D eigenvalue weighted by Crippen LogP contribution is 2.20. The molecule has 0 aliphatic rings. The van der Waals surface area contributed by atoms with Crippen LogP contribution in [0.3, 0.4) is 0 Å². The highest BCUT2D eigenvalue weighted by molar-refractivity contribution is 5.57. The SMILES string of the molecule is COc1ccc(-n2nccc2-c2cc(C)ccn2)nn1. The predicted molar refractivity (Wildman–Crippen MR) is 73.7 cm³/mol. The van der Waals surface area contributed by atoms with Crippen molar-refractivity contribution in [1.29, 1.82) is 0 Å². The maximum atomic E-state index is 5.00. The van der Waals surface area contributed by atoms with Crippen molar-refractivity contribution in [3.63, 3.8) is 0 Å². The third kappa shape index (κ3) is 2.23. The van der Waals surface area contributed by atoms with Gasteiger partial charge in [0.05, 0.1) is 24.7 Å². The van der Waals surface area contributed by atoms with Gasteiger partial charge in [-0.25, -0.2) is 4.68 Å². The lowest BCUT2D eigenvalue weighted by Crippen LogP contribution is -2.04. The number of rotatable bonds is 3. The molecule has 0 aliphatic heterocycles. The van der Waals surface area contributed by atoms with Crippen molar-refractivity contribution in [3.8, 4) is 23.1 Å². The minimum atomic E-state index is 0.469. The average molecular weight is 267 g/mol. The molecule has 0 radical (unpaired) electrons. The van der Waals surface area contributed by atoms with E-state index in [1.54, 1.807) is 36.3 Å². The van der Waals surface area contributed by atoms with Crippen LogP contribution in [0.5, 0.6) is 5.88 Å². The Labute approximate surface area is 116 Å². The molecule has 20 heavy (non-hydrogen) atoms. The first-order valence-corrected chi connectivity index (χ1v) is 6.13. The van der Waals surface area contributed by atoms with Gasteiger partial charge in [-0.1, -0.05) is 0 Å². The van der Waals surface area contributed by atoms with Crippen LogP contribution in [-0.2, 0) is 0 Å². The van der Waals surface area contributed by atoms with Gasteiger partial charge < -0.3 is 4.74 Å². The van der Waals surface area contributed by atoms with Gasteiger partial charge in [-0.05, 0) is 36.8 Å². The first-order chi connectivity index (χ1) is 9.78. The van der Waals surface area contributed by atoms with E-state index in [2.05, 4.69) is 20.3 Å². The van der Waals surface area contributed by atoms with Gasteiger partial charge in [0.15, 0.2) is 5.82 Å². The molecule has 0 fully saturated rings. The molecule has 3 aromatic heterocycles. The van der Waals surface area contributed by atoms with Crippen molar-refractivity contribution in [2.45, 2.75) is 6.92 Å². The van der Waals surface area contributed by atoms with Gasteiger partial charge in [-0.2, -0.15) is 5.10 Å². The van der Waals surface area contributed by atoms with Gasteiger partial charge in [-0.3, -0.25) is 4.98 Å². The van der Waals surface area contributed by atoms with Crippen LogP contribution >= 0.6 is 0 Å². The minimum Gasteiger partial charge on any atom is -0.480 e. The van der Waals surface area contributed by atoms with Crippen LogP contribution in [0.15, 0.2) is 42.7 Å². The molecule has 0 N–H and O–H groups in total. The molecule has 3 aromatic rings. The zero-order valence-corrected chi connectivity index (χ0v) is 11.2. The molecule has 0 unspecified atom stereocenters. The Hall–Kier alpha value is -2.76. The lowest BCUT2D eigenvalue weighted by atomic mass is 10.2.